The number of hydrogen-bond donors (Lipinski definition) is 2. The van der Waals surface area contributed by atoms with Crippen LogP contribution in [0.15, 0.2) is 0 Å². The van der Waals surface area contributed by atoms with E-state index in [0.717, 1.165) is 12.8 Å². The molecule has 1 aliphatic rings. The molecule has 2 N–H and O–H groups in total. The summed E-state index contributed by atoms with van der Waals surface area (Å²) in [5, 5.41) is 15.9. The topological polar surface area (TPSA) is 74.1 Å². The molecule has 5 heteroatoms. The van der Waals surface area contributed by atoms with Crippen molar-refractivity contribution < 1.29 is 9.53 Å². The normalized spacial score (nSPS) is 19.0. The van der Waals surface area contributed by atoms with Crippen molar-refractivity contribution in [2.45, 2.75) is 84.4 Å². The lowest BCUT2D eigenvalue weighted by atomic mass is 9.87. The molecule has 2 unspecified atom stereocenters. The van der Waals surface area contributed by atoms with E-state index >= 15 is 0 Å². The van der Waals surface area contributed by atoms with E-state index in [-0.39, 0.29) is 12.0 Å². The van der Waals surface area contributed by atoms with Crippen LogP contribution in [0.2, 0.25) is 0 Å². The number of carbonyl (C=O) groups is 1. The Balaban J connectivity index is 2.57. The number of nitriles is 1. The molecule has 1 fully saturated rings. The van der Waals surface area contributed by atoms with Gasteiger partial charge in [0.05, 0.1) is 6.07 Å². The zero-order valence-electron chi connectivity index (χ0n) is 15.3. The predicted octanol–water partition coefficient (Wildman–Crippen LogP) is 3.60. The van der Waals surface area contributed by atoms with Crippen LogP contribution in [0.3, 0.4) is 0 Å². The highest BCUT2D eigenvalue weighted by Gasteiger charge is 2.28. The van der Waals surface area contributed by atoms with Crippen LogP contribution in [0.1, 0.15) is 66.7 Å². The molecule has 2 atom stereocenters. The molecular weight excluding hydrogens is 290 g/mol. The molecule has 1 rings (SSSR count). The summed E-state index contributed by atoms with van der Waals surface area (Å²) in [5.41, 5.74) is -0.508. The van der Waals surface area contributed by atoms with Crippen LogP contribution in [-0.2, 0) is 4.74 Å². The summed E-state index contributed by atoms with van der Waals surface area (Å²) in [7, 11) is 0. The number of nitrogens with zero attached hydrogens (tertiary/aromatic N) is 1. The number of carbonyl (C=O) groups excluding carboxylic acids is 1. The van der Waals surface area contributed by atoms with Crippen molar-refractivity contribution in [1.82, 2.24) is 10.6 Å². The third-order valence-corrected chi connectivity index (χ3v) is 4.32. The van der Waals surface area contributed by atoms with Gasteiger partial charge in [0.15, 0.2) is 0 Å². The van der Waals surface area contributed by atoms with Gasteiger partial charge in [-0.05, 0) is 39.5 Å². The van der Waals surface area contributed by atoms with Crippen molar-refractivity contribution in [1.29, 1.82) is 5.26 Å². The van der Waals surface area contributed by atoms with E-state index in [2.05, 4.69) is 30.6 Å². The highest BCUT2D eigenvalue weighted by atomic mass is 16.6. The Morgan fingerprint density at radius 3 is 2.35 bits per heavy atom. The molecule has 0 heterocycles. The summed E-state index contributed by atoms with van der Waals surface area (Å²) in [6.45, 7) is 10.2. The summed E-state index contributed by atoms with van der Waals surface area (Å²) in [6.07, 6.45) is 5.63. The van der Waals surface area contributed by atoms with Gasteiger partial charge in [0, 0.05) is 18.5 Å². The van der Waals surface area contributed by atoms with Gasteiger partial charge in [0.25, 0.3) is 0 Å². The van der Waals surface area contributed by atoms with Crippen molar-refractivity contribution in [3.8, 4) is 6.07 Å². The van der Waals surface area contributed by atoms with Gasteiger partial charge in [-0.1, -0.05) is 33.1 Å². The van der Waals surface area contributed by atoms with Crippen LogP contribution in [0, 0.1) is 23.2 Å². The first kappa shape index (κ1) is 19.8. The summed E-state index contributed by atoms with van der Waals surface area (Å²) in [6, 6.07) is 2.58. The maximum Gasteiger partial charge on any atom is 0.407 e. The van der Waals surface area contributed by atoms with Crippen LogP contribution in [0.25, 0.3) is 0 Å². The van der Waals surface area contributed by atoms with Crippen LogP contribution >= 0.6 is 0 Å². The fraction of sp³-hybridized carbons (Fsp3) is 0.889. The first-order chi connectivity index (χ1) is 10.7. The molecule has 1 aliphatic carbocycles. The van der Waals surface area contributed by atoms with Crippen LogP contribution in [0.4, 0.5) is 4.79 Å². The first-order valence-corrected chi connectivity index (χ1v) is 8.85. The molecule has 132 valence electrons. The monoisotopic (exact) mass is 323 g/mol. The Morgan fingerprint density at radius 1 is 1.26 bits per heavy atom. The Labute approximate surface area is 141 Å². The zero-order valence-corrected chi connectivity index (χ0v) is 15.3. The van der Waals surface area contributed by atoms with E-state index in [0.29, 0.717) is 18.5 Å². The second-order valence-electron chi connectivity index (χ2n) is 7.90. The third-order valence-electron chi connectivity index (χ3n) is 4.32. The maximum atomic E-state index is 11.9. The SMILES string of the molecule is CC(C)C(CNC(=O)OC(C)(C)C)C(C#N)NC1CCCCC1. The van der Waals surface area contributed by atoms with Gasteiger partial charge in [-0.2, -0.15) is 5.26 Å². The molecule has 1 saturated carbocycles. The molecule has 0 aliphatic heterocycles. The highest BCUT2D eigenvalue weighted by molar-refractivity contribution is 5.67. The van der Waals surface area contributed by atoms with Gasteiger partial charge < -0.3 is 10.1 Å². The Morgan fingerprint density at radius 2 is 1.87 bits per heavy atom. The molecule has 23 heavy (non-hydrogen) atoms. The second kappa shape index (κ2) is 9.12. The minimum atomic E-state index is -0.508. The van der Waals surface area contributed by atoms with Crippen molar-refractivity contribution in [2.75, 3.05) is 6.54 Å². The fourth-order valence-corrected chi connectivity index (χ4v) is 3.03. The number of nitrogens with one attached hydrogen (secondary N) is 2. The Kier molecular flexibility index (Phi) is 7.84. The van der Waals surface area contributed by atoms with Gasteiger partial charge >= 0.3 is 6.09 Å². The van der Waals surface area contributed by atoms with Gasteiger partial charge in [0.2, 0.25) is 0 Å². The summed E-state index contributed by atoms with van der Waals surface area (Å²) >= 11 is 0. The predicted molar refractivity (Wildman–Crippen MR) is 92.0 cm³/mol. The smallest absolute Gasteiger partial charge is 0.407 e. The van der Waals surface area contributed by atoms with Gasteiger partial charge in [-0.25, -0.2) is 4.79 Å². The molecule has 0 aromatic rings. The average Bonchev–Trinajstić information content (AvgIpc) is 2.45. The van der Waals surface area contributed by atoms with Gasteiger partial charge in [-0.15, -0.1) is 0 Å². The molecule has 0 bridgehead atoms. The van der Waals surface area contributed by atoms with Gasteiger partial charge in [-0.3, -0.25) is 5.32 Å². The van der Waals surface area contributed by atoms with Crippen molar-refractivity contribution in [3.63, 3.8) is 0 Å². The quantitative estimate of drug-likeness (QED) is 0.783. The molecule has 0 aromatic carbocycles. The average molecular weight is 323 g/mol. The molecule has 5 nitrogen and oxygen atoms in total. The number of rotatable bonds is 6. The summed E-state index contributed by atoms with van der Waals surface area (Å²) in [4.78, 5) is 11.9. The Hall–Kier alpha value is -1.28. The second-order valence-corrected chi connectivity index (χ2v) is 7.90. The Bertz CT molecular complexity index is 403. The molecular formula is C18H33N3O2. The minimum Gasteiger partial charge on any atom is -0.444 e. The zero-order chi connectivity index (χ0) is 17.5. The number of ether oxygens (including phenoxy) is 1. The summed E-state index contributed by atoms with van der Waals surface area (Å²) < 4.78 is 5.28. The molecule has 0 saturated heterocycles. The third kappa shape index (κ3) is 7.69. The van der Waals surface area contributed by atoms with E-state index in [1.165, 1.54) is 19.3 Å². The van der Waals surface area contributed by atoms with Crippen LogP contribution in [-0.4, -0.2) is 30.3 Å². The van der Waals surface area contributed by atoms with E-state index in [1.807, 2.05) is 20.8 Å². The number of alkyl carbamates (subject to hydrolysis) is 1. The van der Waals surface area contributed by atoms with Crippen molar-refractivity contribution in [3.05, 3.63) is 0 Å². The molecule has 0 aromatic heterocycles. The van der Waals surface area contributed by atoms with E-state index in [9.17, 15) is 10.1 Å². The lowest BCUT2D eigenvalue weighted by molar-refractivity contribution is 0.0511. The van der Waals surface area contributed by atoms with Gasteiger partial charge in [0.1, 0.15) is 11.6 Å². The maximum absolute atomic E-state index is 11.9. The standard InChI is InChI=1S/C18H33N3O2/c1-13(2)15(12-20-17(22)23-18(3,4)5)16(11-19)21-14-9-7-6-8-10-14/h13-16,21H,6-10,12H2,1-5H3,(H,20,22). The van der Waals surface area contributed by atoms with Crippen molar-refractivity contribution >= 4 is 6.09 Å². The van der Waals surface area contributed by atoms with Crippen LogP contribution < -0.4 is 10.6 Å². The lowest BCUT2D eigenvalue weighted by Gasteiger charge is -2.32. The number of amides is 1. The van der Waals surface area contributed by atoms with Crippen molar-refractivity contribution in [2.24, 2.45) is 11.8 Å². The lowest BCUT2D eigenvalue weighted by Crippen LogP contribution is -2.48. The number of hydrogen-bond acceptors (Lipinski definition) is 4. The van der Waals surface area contributed by atoms with E-state index in [4.69, 9.17) is 4.74 Å². The minimum absolute atomic E-state index is 0.0643. The van der Waals surface area contributed by atoms with E-state index < -0.39 is 11.7 Å². The largest absolute Gasteiger partial charge is 0.444 e. The first-order valence-electron chi connectivity index (χ1n) is 8.85. The van der Waals surface area contributed by atoms with Crippen LogP contribution in [0.5, 0.6) is 0 Å². The molecule has 1 amide bonds. The molecule has 0 radical (unpaired) electrons. The summed E-state index contributed by atoms with van der Waals surface area (Å²) in [5.74, 6) is 0.361. The van der Waals surface area contributed by atoms with E-state index in [1.54, 1.807) is 0 Å². The molecule has 0 spiro atoms. The highest BCUT2D eigenvalue weighted by Crippen LogP contribution is 2.21. The fourth-order valence-electron chi connectivity index (χ4n) is 3.03.